The number of aromatic hydroxyl groups is 1. The summed E-state index contributed by atoms with van der Waals surface area (Å²) in [4.78, 5) is 11.8. The molecule has 2 amide bonds. The van der Waals surface area contributed by atoms with Gasteiger partial charge in [-0.2, -0.15) is 5.10 Å². The van der Waals surface area contributed by atoms with E-state index in [1.165, 1.54) is 0 Å². The Kier molecular flexibility index (Phi) is 3.15. The number of nitrogens with zero attached hydrogens (tertiary/aromatic N) is 1. The van der Waals surface area contributed by atoms with Gasteiger partial charge in [0.15, 0.2) is 5.82 Å². The quantitative estimate of drug-likeness (QED) is 0.599. The van der Waals surface area contributed by atoms with Crippen molar-refractivity contribution in [3.8, 4) is 16.9 Å². The maximum Gasteiger partial charge on any atom is 0.320 e. The summed E-state index contributed by atoms with van der Waals surface area (Å²) in [6.07, 6.45) is 2.09. The van der Waals surface area contributed by atoms with Gasteiger partial charge in [0.25, 0.3) is 0 Å². The van der Waals surface area contributed by atoms with Crippen LogP contribution in [0.5, 0.6) is 5.75 Å². The molecule has 1 aliphatic rings. The van der Waals surface area contributed by atoms with E-state index in [4.69, 9.17) is 0 Å². The first kappa shape index (κ1) is 13.6. The zero-order valence-corrected chi connectivity index (χ0v) is 12.3. The molecular weight excluding hydrogens is 292 g/mol. The number of phenols is 1. The molecule has 0 unspecified atom stereocenters. The van der Waals surface area contributed by atoms with Gasteiger partial charge in [0.1, 0.15) is 5.75 Å². The molecule has 0 bridgehead atoms. The summed E-state index contributed by atoms with van der Waals surface area (Å²) in [6.45, 7) is 0. The van der Waals surface area contributed by atoms with Gasteiger partial charge >= 0.3 is 6.03 Å². The first-order chi connectivity index (χ1) is 11.2. The highest BCUT2D eigenvalue weighted by molar-refractivity contribution is 6.00. The fourth-order valence-corrected chi connectivity index (χ4v) is 2.51. The van der Waals surface area contributed by atoms with Gasteiger partial charge in [-0.1, -0.05) is 18.2 Å². The number of aromatic nitrogens is 2. The molecule has 1 aromatic heterocycles. The van der Waals surface area contributed by atoms with E-state index in [9.17, 15) is 9.90 Å². The summed E-state index contributed by atoms with van der Waals surface area (Å²) in [7, 11) is 0. The van der Waals surface area contributed by atoms with Crippen LogP contribution in [0.3, 0.4) is 0 Å². The Morgan fingerprint density at radius 3 is 2.61 bits per heavy atom. The summed E-state index contributed by atoms with van der Waals surface area (Å²) < 4.78 is 0. The Balaban J connectivity index is 1.60. The number of H-pyrrole nitrogens is 1. The number of anilines is 1. The van der Waals surface area contributed by atoms with E-state index in [0.29, 0.717) is 11.9 Å². The number of carbonyl (C=O) groups excluding carboxylic acids is 1. The second-order valence-corrected chi connectivity index (χ2v) is 5.75. The van der Waals surface area contributed by atoms with Gasteiger partial charge in [-0.15, -0.1) is 0 Å². The Morgan fingerprint density at radius 2 is 1.87 bits per heavy atom. The van der Waals surface area contributed by atoms with Gasteiger partial charge in [0.05, 0.1) is 5.52 Å². The van der Waals surface area contributed by atoms with Gasteiger partial charge in [-0.3, -0.25) is 10.4 Å². The van der Waals surface area contributed by atoms with Crippen LogP contribution in [0.1, 0.15) is 12.8 Å². The largest absolute Gasteiger partial charge is 0.508 e. The first-order valence-corrected chi connectivity index (χ1v) is 7.54. The fourth-order valence-electron chi connectivity index (χ4n) is 2.51. The number of rotatable bonds is 3. The van der Waals surface area contributed by atoms with Gasteiger partial charge in [0, 0.05) is 11.4 Å². The first-order valence-electron chi connectivity index (χ1n) is 7.54. The second kappa shape index (κ2) is 5.31. The van der Waals surface area contributed by atoms with Crippen molar-refractivity contribution < 1.29 is 9.90 Å². The monoisotopic (exact) mass is 308 g/mol. The molecule has 3 aromatic rings. The van der Waals surface area contributed by atoms with Crippen LogP contribution in [0.15, 0.2) is 42.5 Å². The summed E-state index contributed by atoms with van der Waals surface area (Å²) in [5, 5.41) is 23.0. The van der Waals surface area contributed by atoms with Crippen LogP contribution in [-0.4, -0.2) is 27.4 Å². The summed E-state index contributed by atoms with van der Waals surface area (Å²) in [6, 6.07) is 13.0. The summed E-state index contributed by atoms with van der Waals surface area (Å²) in [5.74, 6) is 0.764. The minimum absolute atomic E-state index is 0.219. The Hall–Kier alpha value is -3.02. The smallest absolute Gasteiger partial charge is 0.320 e. The van der Waals surface area contributed by atoms with Crippen molar-refractivity contribution in [1.29, 1.82) is 0 Å². The summed E-state index contributed by atoms with van der Waals surface area (Å²) >= 11 is 0. The van der Waals surface area contributed by atoms with Gasteiger partial charge in [-0.05, 0) is 48.2 Å². The van der Waals surface area contributed by atoms with Crippen molar-refractivity contribution in [2.75, 3.05) is 5.32 Å². The number of carbonyl (C=O) groups is 1. The van der Waals surface area contributed by atoms with Crippen LogP contribution < -0.4 is 10.6 Å². The number of hydrogen-bond donors (Lipinski definition) is 4. The molecule has 1 aliphatic carbocycles. The fraction of sp³-hybridized carbons (Fsp3) is 0.176. The van der Waals surface area contributed by atoms with E-state index in [-0.39, 0.29) is 11.8 Å². The number of nitrogens with one attached hydrogen (secondary N) is 3. The van der Waals surface area contributed by atoms with E-state index in [0.717, 1.165) is 34.9 Å². The molecule has 1 saturated carbocycles. The summed E-state index contributed by atoms with van der Waals surface area (Å²) in [5.41, 5.74) is 2.85. The molecule has 0 radical (unpaired) electrons. The van der Waals surface area contributed by atoms with Crippen LogP contribution in [-0.2, 0) is 0 Å². The number of benzene rings is 2. The SMILES string of the molecule is O=C(Nc1n[nH]c2cc(-c3ccc(O)cc3)ccc12)NC1CC1. The molecule has 116 valence electrons. The van der Waals surface area contributed by atoms with Gasteiger partial charge in [-0.25, -0.2) is 4.79 Å². The minimum Gasteiger partial charge on any atom is -0.508 e. The average molecular weight is 308 g/mol. The molecule has 6 nitrogen and oxygen atoms in total. The third kappa shape index (κ3) is 2.83. The number of fused-ring (bicyclic) bond motifs is 1. The standard InChI is InChI=1S/C17H16N4O2/c22-13-6-1-10(2-7-13)11-3-8-14-15(9-11)20-21-16(14)19-17(23)18-12-4-5-12/h1-3,6-9,12,22H,4-5H2,(H3,18,19,20,21,23). The molecule has 0 saturated heterocycles. The Labute approximate surface area is 132 Å². The van der Waals surface area contributed by atoms with Crippen molar-refractivity contribution >= 4 is 22.8 Å². The van der Waals surface area contributed by atoms with Crippen molar-refractivity contribution in [3.05, 3.63) is 42.5 Å². The van der Waals surface area contributed by atoms with Crippen molar-refractivity contribution in [1.82, 2.24) is 15.5 Å². The van der Waals surface area contributed by atoms with Crippen molar-refractivity contribution in [2.24, 2.45) is 0 Å². The second-order valence-electron chi connectivity index (χ2n) is 5.75. The third-order valence-electron chi connectivity index (χ3n) is 3.91. The lowest BCUT2D eigenvalue weighted by Gasteiger charge is -2.05. The third-order valence-corrected chi connectivity index (χ3v) is 3.91. The predicted octanol–water partition coefficient (Wildman–Crippen LogP) is 3.22. The molecule has 1 heterocycles. The molecule has 0 spiro atoms. The van der Waals surface area contributed by atoms with E-state index < -0.39 is 0 Å². The molecule has 0 atom stereocenters. The lowest BCUT2D eigenvalue weighted by atomic mass is 10.0. The highest BCUT2D eigenvalue weighted by atomic mass is 16.3. The van der Waals surface area contributed by atoms with Crippen LogP contribution >= 0.6 is 0 Å². The number of aromatic amines is 1. The van der Waals surface area contributed by atoms with Crippen LogP contribution in [0.2, 0.25) is 0 Å². The average Bonchev–Trinajstić information content (AvgIpc) is 3.27. The van der Waals surface area contributed by atoms with Crippen LogP contribution in [0.4, 0.5) is 10.6 Å². The van der Waals surface area contributed by atoms with E-state index in [1.54, 1.807) is 12.1 Å². The lowest BCUT2D eigenvalue weighted by Crippen LogP contribution is -2.30. The van der Waals surface area contributed by atoms with E-state index >= 15 is 0 Å². The van der Waals surface area contributed by atoms with E-state index in [1.807, 2.05) is 30.3 Å². The van der Waals surface area contributed by atoms with Gasteiger partial charge in [0.2, 0.25) is 0 Å². The molecule has 4 N–H and O–H groups in total. The van der Waals surface area contributed by atoms with Crippen LogP contribution in [0.25, 0.3) is 22.0 Å². The normalized spacial score (nSPS) is 13.9. The maximum absolute atomic E-state index is 11.8. The maximum atomic E-state index is 11.8. The number of phenolic OH excluding ortho intramolecular Hbond substituents is 1. The predicted molar refractivity (Wildman–Crippen MR) is 88.4 cm³/mol. The van der Waals surface area contributed by atoms with Crippen molar-refractivity contribution in [3.63, 3.8) is 0 Å². The minimum atomic E-state index is -0.219. The highest BCUT2D eigenvalue weighted by Crippen LogP contribution is 2.28. The highest BCUT2D eigenvalue weighted by Gasteiger charge is 2.23. The molecule has 23 heavy (non-hydrogen) atoms. The number of hydrogen-bond acceptors (Lipinski definition) is 3. The zero-order chi connectivity index (χ0) is 15.8. The Morgan fingerprint density at radius 1 is 1.13 bits per heavy atom. The lowest BCUT2D eigenvalue weighted by molar-refractivity contribution is 0.251. The molecular formula is C17H16N4O2. The van der Waals surface area contributed by atoms with Gasteiger partial charge < -0.3 is 10.4 Å². The number of urea groups is 1. The van der Waals surface area contributed by atoms with E-state index in [2.05, 4.69) is 20.8 Å². The van der Waals surface area contributed by atoms with Crippen molar-refractivity contribution in [2.45, 2.75) is 18.9 Å². The van der Waals surface area contributed by atoms with Crippen LogP contribution in [0, 0.1) is 0 Å². The Bertz CT molecular complexity index is 866. The molecule has 0 aliphatic heterocycles. The molecule has 2 aromatic carbocycles. The number of amides is 2. The molecule has 6 heteroatoms. The molecule has 1 fully saturated rings. The topological polar surface area (TPSA) is 90.0 Å². The zero-order valence-electron chi connectivity index (χ0n) is 12.3. The molecule has 4 rings (SSSR count).